The Morgan fingerprint density at radius 2 is 1.92 bits per heavy atom. The van der Waals surface area contributed by atoms with Crippen molar-refractivity contribution in [3.05, 3.63) is 47.3 Å². The second-order valence-electron chi connectivity index (χ2n) is 5.23. The number of hydrogen-bond acceptors (Lipinski definition) is 5. The average molecular weight is 372 g/mol. The molecule has 3 aromatic rings. The summed E-state index contributed by atoms with van der Waals surface area (Å²) in [6.45, 7) is 0.365. The minimum Gasteiger partial charge on any atom is -0.454 e. The SMILES string of the molecule is C#CCn1c(=NS(=O)(=O)c2ccccc2)sc2cc3c(cc21)OCO3. The second-order valence-corrected chi connectivity index (χ2v) is 7.84. The van der Waals surface area contributed by atoms with Gasteiger partial charge in [0.05, 0.1) is 21.7 Å². The van der Waals surface area contributed by atoms with Crippen LogP contribution in [-0.4, -0.2) is 19.8 Å². The molecule has 0 bridgehead atoms. The molecule has 0 atom stereocenters. The molecule has 0 unspecified atom stereocenters. The van der Waals surface area contributed by atoms with Crippen molar-refractivity contribution in [2.24, 2.45) is 4.40 Å². The normalized spacial score (nSPS) is 14.0. The van der Waals surface area contributed by atoms with Crippen LogP contribution in [0.25, 0.3) is 10.2 Å². The van der Waals surface area contributed by atoms with Crippen molar-refractivity contribution in [3.8, 4) is 23.8 Å². The first-order valence-corrected chi connectivity index (χ1v) is 9.57. The maximum Gasteiger partial charge on any atom is 0.285 e. The van der Waals surface area contributed by atoms with Gasteiger partial charge in [0, 0.05) is 12.1 Å². The van der Waals surface area contributed by atoms with E-state index < -0.39 is 10.0 Å². The van der Waals surface area contributed by atoms with Gasteiger partial charge >= 0.3 is 0 Å². The van der Waals surface area contributed by atoms with Crippen LogP contribution in [0.2, 0.25) is 0 Å². The third-order valence-electron chi connectivity index (χ3n) is 3.67. The fraction of sp³-hybridized carbons (Fsp3) is 0.118. The summed E-state index contributed by atoms with van der Waals surface area (Å²) < 4.78 is 42.4. The van der Waals surface area contributed by atoms with Crippen molar-refractivity contribution >= 4 is 31.6 Å². The maximum atomic E-state index is 12.6. The van der Waals surface area contributed by atoms with E-state index >= 15 is 0 Å². The first-order chi connectivity index (χ1) is 12.1. The average Bonchev–Trinajstić information content (AvgIpc) is 3.18. The van der Waals surface area contributed by atoms with Crippen molar-refractivity contribution in [1.29, 1.82) is 0 Å². The summed E-state index contributed by atoms with van der Waals surface area (Å²) >= 11 is 1.24. The Bertz CT molecular complexity index is 1170. The third kappa shape index (κ3) is 2.77. The molecule has 4 rings (SSSR count). The summed E-state index contributed by atoms with van der Waals surface area (Å²) in [7, 11) is -3.83. The summed E-state index contributed by atoms with van der Waals surface area (Å²) in [5.74, 6) is 3.77. The van der Waals surface area contributed by atoms with Crippen LogP contribution in [0.5, 0.6) is 11.5 Å². The number of terminal acetylenes is 1. The van der Waals surface area contributed by atoms with Crippen LogP contribution < -0.4 is 14.3 Å². The lowest BCUT2D eigenvalue weighted by molar-refractivity contribution is 0.174. The van der Waals surface area contributed by atoms with Gasteiger partial charge < -0.3 is 14.0 Å². The molecule has 0 saturated heterocycles. The predicted molar refractivity (Wildman–Crippen MR) is 94.0 cm³/mol. The van der Waals surface area contributed by atoms with Gasteiger partial charge in [-0.05, 0) is 12.1 Å². The maximum absolute atomic E-state index is 12.6. The number of aromatic nitrogens is 1. The molecule has 1 aromatic heterocycles. The smallest absolute Gasteiger partial charge is 0.285 e. The molecule has 2 aromatic carbocycles. The number of sulfonamides is 1. The molecule has 1 aliphatic rings. The molecule has 25 heavy (non-hydrogen) atoms. The third-order valence-corrected chi connectivity index (χ3v) is 6.10. The van der Waals surface area contributed by atoms with E-state index in [1.807, 2.05) is 6.07 Å². The number of hydrogen-bond donors (Lipinski definition) is 0. The lowest BCUT2D eigenvalue weighted by Crippen LogP contribution is -2.16. The number of nitrogens with zero attached hydrogens (tertiary/aromatic N) is 2. The van der Waals surface area contributed by atoms with E-state index in [1.165, 1.54) is 23.5 Å². The quantitative estimate of drug-likeness (QED) is 0.662. The minimum atomic E-state index is -3.83. The zero-order valence-corrected chi connectivity index (χ0v) is 14.5. The number of ether oxygens (including phenoxy) is 2. The van der Waals surface area contributed by atoms with Gasteiger partial charge in [0.1, 0.15) is 0 Å². The highest BCUT2D eigenvalue weighted by molar-refractivity contribution is 7.90. The van der Waals surface area contributed by atoms with Crippen LogP contribution in [0.1, 0.15) is 0 Å². The highest BCUT2D eigenvalue weighted by Crippen LogP contribution is 2.37. The molecule has 0 radical (unpaired) electrons. The largest absolute Gasteiger partial charge is 0.454 e. The monoisotopic (exact) mass is 372 g/mol. The fourth-order valence-corrected chi connectivity index (χ4v) is 4.79. The van der Waals surface area contributed by atoms with Crippen molar-refractivity contribution in [2.75, 3.05) is 6.79 Å². The van der Waals surface area contributed by atoms with Gasteiger partial charge in [0.2, 0.25) is 11.6 Å². The molecule has 126 valence electrons. The molecule has 0 aliphatic carbocycles. The lowest BCUT2D eigenvalue weighted by Gasteiger charge is -2.02. The molecular weight excluding hydrogens is 360 g/mol. The molecule has 8 heteroatoms. The predicted octanol–water partition coefficient (Wildman–Crippen LogP) is 2.35. The molecule has 0 N–H and O–H groups in total. The Morgan fingerprint density at radius 1 is 1.20 bits per heavy atom. The first kappa shape index (κ1) is 15.7. The molecule has 6 nitrogen and oxygen atoms in total. The summed E-state index contributed by atoms with van der Waals surface area (Å²) in [6.07, 6.45) is 5.45. The first-order valence-electron chi connectivity index (χ1n) is 7.31. The lowest BCUT2D eigenvalue weighted by atomic mass is 10.3. The van der Waals surface area contributed by atoms with Crippen molar-refractivity contribution in [2.45, 2.75) is 11.4 Å². The summed E-state index contributed by atoms with van der Waals surface area (Å²) in [6, 6.07) is 11.7. The highest BCUT2D eigenvalue weighted by Gasteiger charge is 2.19. The van der Waals surface area contributed by atoms with E-state index in [-0.39, 0.29) is 18.2 Å². The van der Waals surface area contributed by atoms with Gasteiger partial charge in [-0.1, -0.05) is 35.5 Å². The minimum absolute atomic E-state index is 0.133. The van der Waals surface area contributed by atoms with E-state index in [0.717, 1.165) is 10.2 Å². The Kier molecular flexibility index (Phi) is 3.75. The second kappa shape index (κ2) is 5.95. The molecule has 0 saturated carbocycles. The van der Waals surface area contributed by atoms with Crippen LogP contribution >= 0.6 is 11.3 Å². The van der Waals surface area contributed by atoms with Gasteiger partial charge in [0.15, 0.2) is 11.5 Å². The summed E-state index contributed by atoms with van der Waals surface area (Å²) in [5.41, 5.74) is 0.759. The Hall–Kier alpha value is -2.76. The van der Waals surface area contributed by atoms with E-state index in [4.69, 9.17) is 15.9 Å². The molecule has 0 spiro atoms. The number of rotatable bonds is 3. The van der Waals surface area contributed by atoms with Crippen LogP contribution in [-0.2, 0) is 16.6 Å². The molecule has 2 heterocycles. The Morgan fingerprint density at radius 3 is 2.64 bits per heavy atom. The summed E-state index contributed by atoms with van der Waals surface area (Å²) in [4.78, 5) is 0.439. The molecule has 0 amide bonds. The Labute approximate surface area is 148 Å². The number of benzene rings is 2. The van der Waals surface area contributed by atoms with Gasteiger partial charge in [-0.15, -0.1) is 10.8 Å². The van der Waals surface area contributed by atoms with Crippen molar-refractivity contribution in [1.82, 2.24) is 4.57 Å². The standard InChI is InChI=1S/C17H12N2O4S2/c1-2-8-19-13-9-14-15(23-11-22-14)10-16(13)24-17(19)18-25(20,21)12-6-4-3-5-7-12/h1,3-7,9-10H,8,11H2. The molecule has 1 aliphatic heterocycles. The summed E-state index contributed by atoms with van der Waals surface area (Å²) in [5, 5.41) is 0. The molecular formula is C17H12N2O4S2. The topological polar surface area (TPSA) is 69.9 Å². The number of fused-ring (bicyclic) bond motifs is 2. The van der Waals surface area contributed by atoms with Crippen LogP contribution in [0.4, 0.5) is 0 Å². The number of thiazole rings is 1. The van der Waals surface area contributed by atoms with Crippen LogP contribution in [0, 0.1) is 12.3 Å². The zero-order chi connectivity index (χ0) is 17.4. The van der Waals surface area contributed by atoms with E-state index in [1.54, 1.807) is 28.8 Å². The molecule has 0 fully saturated rings. The van der Waals surface area contributed by atoms with Crippen molar-refractivity contribution in [3.63, 3.8) is 0 Å². The van der Waals surface area contributed by atoms with Gasteiger partial charge in [-0.25, -0.2) is 0 Å². The van der Waals surface area contributed by atoms with Gasteiger partial charge in [0.25, 0.3) is 10.0 Å². The van der Waals surface area contributed by atoms with Gasteiger partial charge in [-0.3, -0.25) is 0 Å². The van der Waals surface area contributed by atoms with E-state index in [9.17, 15) is 8.42 Å². The van der Waals surface area contributed by atoms with Gasteiger partial charge in [-0.2, -0.15) is 8.42 Å². The fourth-order valence-electron chi connectivity index (χ4n) is 2.52. The van der Waals surface area contributed by atoms with Crippen LogP contribution in [0.15, 0.2) is 51.8 Å². The zero-order valence-electron chi connectivity index (χ0n) is 12.9. The highest BCUT2D eigenvalue weighted by atomic mass is 32.2. The van der Waals surface area contributed by atoms with Crippen molar-refractivity contribution < 1.29 is 17.9 Å². The van der Waals surface area contributed by atoms with E-state index in [0.29, 0.717) is 16.3 Å². The Balaban J connectivity index is 1.95. The van der Waals surface area contributed by atoms with E-state index in [2.05, 4.69) is 10.3 Å². The van der Waals surface area contributed by atoms with Crippen LogP contribution in [0.3, 0.4) is 0 Å².